The number of anilines is 1. The number of aromatic nitrogens is 2. The maximum Gasteiger partial charge on any atom is 0.271 e. The Kier molecular flexibility index (Phi) is 3.66. The van der Waals surface area contributed by atoms with Crippen LogP contribution in [0.15, 0.2) is 24.4 Å². The molecule has 7 heteroatoms. The van der Waals surface area contributed by atoms with Crippen LogP contribution in [0.3, 0.4) is 0 Å². The lowest BCUT2D eigenvalue weighted by atomic mass is 10.1. The van der Waals surface area contributed by atoms with Gasteiger partial charge >= 0.3 is 0 Å². The standard InChI is InChI=1S/C14H17N5O2/c1-18(10-4-6-15-7-5-10)14-9-16-13-8-11(19(20)21)2-3-12(13)17-14/h2-3,8-10,15H,4-7H2,1H3. The van der Waals surface area contributed by atoms with Crippen LogP contribution in [0, 0.1) is 10.1 Å². The van der Waals surface area contributed by atoms with Gasteiger partial charge < -0.3 is 10.2 Å². The van der Waals surface area contributed by atoms with Crippen molar-refractivity contribution in [3.8, 4) is 0 Å². The summed E-state index contributed by atoms with van der Waals surface area (Å²) in [6, 6.07) is 5.03. The molecular formula is C14H17N5O2. The summed E-state index contributed by atoms with van der Waals surface area (Å²) in [5.74, 6) is 0.809. The summed E-state index contributed by atoms with van der Waals surface area (Å²) in [4.78, 5) is 21.4. The molecule has 3 rings (SSSR count). The lowest BCUT2D eigenvalue weighted by Gasteiger charge is -2.32. The molecule has 0 saturated carbocycles. The predicted octanol–water partition coefficient (Wildman–Crippen LogP) is 1.73. The minimum absolute atomic E-state index is 0.0382. The van der Waals surface area contributed by atoms with Gasteiger partial charge in [0.05, 0.1) is 22.2 Å². The van der Waals surface area contributed by atoms with E-state index in [1.54, 1.807) is 12.3 Å². The third kappa shape index (κ3) is 2.78. The quantitative estimate of drug-likeness (QED) is 0.683. The summed E-state index contributed by atoms with van der Waals surface area (Å²) in [6.07, 6.45) is 3.85. The molecule has 0 amide bonds. The van der Waals surface area contributed by atoms with Gasteiger partial charge in [-0.2, -0.15) is 0 Å². The normalized spacial score (nSPS) is 16.0. The van der Waals surface area contributed by atoms with E-state index in [1.807, 2.05) is 7.05 Å². The molecule has 0 bridgehead atoms. The molecule has 1 N–H and O–H groups in total. The topological polar surface area (TPSA) is 84.2 Å². The van der Waals surface area contributed by atoms with Gasteiger partial charge in [-0.25, -0.2) is 4.98 Å². The number of hydrogen-bond donors (Lipinski definition) is 1. The van der Waals surface area contributed by atoms with Crippen LogP contribution >= 0.6 is 0 Å². The minimum Gasteiger partial charge on any atom is -0.355 e. The number of non-ortho nitro benzene ring substituents is 1. The maximum absolute atomic E-state index is 10.8. The van der Waals surface area contributed by atoms with Crippen LogP contribution in [0.5, 0.6) is 0 Å². The second kappa shape index (κ2) is 5.61. The van der Waals surface area contributed by atoms with E-state index in [0.717, 1.165) is 31.7 Å². The Morgan fingerprint density at radius 2 is 2.10 bits per heavy atom. The van der Waals surface area contributed by atoms with Crippen molar-refractivity contribution in [1.29, 1.82) is 0 Å². The predicted molar refractivity (Wildman–Crippen MR) is 80.5 cm³/mol. The second-order valence-electron chi connectivity index (χ2n) is 5.25. The van der Waals surface area contributed by atoms with E-state index in [2.05, 4.69) is 20.2 Å². The van der Waals surface area contributed by atoms with Crippen molar-refractivity contribution in [3.63, 3.8) is 0 Å². The zero-order chi connectivity index (χ0) is 14.8. The molecule has 1 saturated heterocycles. The van der Waals surface area contributed by atoms with Gasteiger partial charge in [0.15, 0.2) is 0 Å². The van der Waals surface area contributed by atoms with Crippen molar-refractivity contribution in [2.45, 2.75) is 18.9 Å². The fraction of sp³-hybridized carbons (Fsp3) is 0.429. The number of fused-ring (bicyclic) bond motifs is 1. The van der Waals surface area contributed by atoms with Crippen molar-refractivity contribution >= 4 is 22.5 Å². The number of nitrogens with one attached hydrogen (secondary N) is 1. The lowest BCUT2D eigenvalue weighted by molar-refractivity contribution is -0.384. The number of nitro groups is 1. The van der Waals surface area contributed by atoms with Gasteiger partial charge in [-0.3, -0.25) is 15.1 Å². The van der Waals surface area contributed by atoms with E-state index in [0.29, 0.717) is 17.1 Å². The molecular weight excluding hydrogens is 270 g/mol. The molecule has 0 unspecified atom stereocenters. The Balaban J connectivity index is 1.89. The van der Waals surface area contributed by atoms with Crippen molar-refractivity contribution in [2.24, 2.45) is 0 Å². The fourth-order valence-corrected chi connectivity index (χ4v) is 2.65. The molecule has 21 heavy (non-hydrogen) atoms. The van der Waals surface area contributed by atoms with Gasteiger partial charge in [-0.1, -0.05) is 0 Å². The second-order valence-corrected chi connectivity index (χ2v) is 5.25. The van der Waals surface area contributed by atoms with Crippen LogP contribution in [-0.2, 0) is 0 Å². The van der Waals surface area contributed by atoms with E-state index >= 15 is 0 Å². The lowest BCUT2D eigenvalue weighted by Crippen LogP contribution is -2.41. The van der Waals surface area contributed by atoms with E-state index in [9.17, 15) is 10.1 Å². The summed E-state index contributed by atoms with van der Waals surface area (Å²) in [6.45, 7) is 2.03. The van der Waals surface area contributed by atoms with Gasteiger partial charge in [0.2, 0.25) is 0 Å². The molecule has 110 valence electrons. The molecule has 1 aromatic carbocycles. The van der Waals surface area contributed by atoms with Crippen LogP contribution in [0.2, 0.25) is 0 Å². The average Bonchev–Trinajstić information content (AvgIpc) is 2.54. The minimum atomic E-state index is -0.420. The third-order valence-electron chi connectivity index (χ3n) is 3.94. The monoisotopic (exact) mass is 287 g/mol. The summed E-state index contributed by atoms with van der Waals surface area (Å²) < 4.78 is 0. The highest BCUT2D eigenvalue weighted by molar-refractivity contribution is 5.78. The van der Waals surface area contributed by atoms with E-state index in [4.69, 9.17) is 0 Å². The average molecular weight is 287 g/mol. The number of rotatable bonds is 3. The highest BCUT2D eigenvalue weighted by Crippen LogP contribution is 2.22. The highest BCUT2D eigenvalue weighted by atomic mass is 16.6. The molecule has 0 aliphatic carbocycles. The molecule has 2 aromatic rings. The van der Waals surface area contributed by atoms with Crippen molar-refractivity contribution < 1.29 is 4.92 Å². The van der Waals surface area contributed by atoms with Crippen LogP contribution < -0.4 is 10.2 Å². The Labute approximate surface area is 122 Å². The molecule has 0 radical (unpaired) electrons. The SMILES string of the molecule is CN(c1cnc2cc([N+](=O)[O-])ccc2n1)C1CCNCC1. The van der Waals surface area contributed by atoms with Gasteiger partial charge in [-0.15, -0.1) is 0 Å². The summed E-state index contributed by atoms with van der Waals surface area (Å²) >= 11 is 0. The molecule has 0 spiro atoms. The zero-order valence-electron chi connectivity index (χ0n) is 11.8. The Bertz CT molecular complexity index is 669. The number of piperidine rings is 1. The zero-order valence-corrected chi connectivity index (χ0v) is 11.8. The first-order chi connectivity index (χ1) is 10.1. The molecule has 1 aliphatic heterocycles. The van der Waals surface area contributed by atoms with Gasteiger partial charge in [0, 0.05) is 25.2 Å². The Hall–Kier alpha value is -2.28. The number of benzene rings is 1. The molecule has 2 heterocycles. The van der Waals surface area contributed by atoms with Crippen LogP contribution in [0.4, 0.5) is 11.5 Å². The van der Waals surface area contributed by atoms with Crippen molar-refractivity contribution in [1.82, 2.24) is 15.3 Å². The number of hydrogen-bond acceptors (Lipinski definition) is 6. The summed E-state index contributed by atoms with van der Waals surface area (Å²) in [7, 11) is 2.03. The molecule has 7 nitrogen and oxygen atoms in total. The van der Waals surface area contributed by atoms with Crippen molar-refractivity contribution in [2.75, 3.05) is 25.0 Å². The van der Waals surface area contributed by atoms with Crippen LogP contribution in [-0.4, -0.2) is 41.1 Å². The largest absolute Gasteiger partial charge is 0.355 e. The van der Waals surface area contributed by atoms with E-state index < -0.39 is 4.92 Å². The summed E-state index contributed by atoms with van der Waals surface area (Å²) in [5.41, 5.74) is 1.27. The molecule has 1 aromatic heterocycles. The molecule has 0 atom stereocenters. The number of nitrogens with zero attached hydrogens (tertiary/aromatic N) is 4. The third-order valence-corrected chi connectivity index (χ3v) is 3.94. The van der Waals surface area contributed by atoms with Gasteiger partial charge in [0.1, 0.15) is 5.82 Å². The first kappa shape index (κ1) is 13.7. The fourth-order valence-electron chi connectivity index (χ4n) is 2.65. The van der Waals surface area contributed by atoms with Gasteiger partial charge in [-0.05, 0) is 32.0 Å². The van der Waals surface area contributed by atoms with Crippen LogP contribution in [0.25, 0.3) is 11.0 Å². The Morgan fingerprint density at radius 3 is 2.81 bits per heavy atom. The summed E-state index contributed by atoms with van der Waals surface area (Å²) in [5, 5.41) is 14.1. The highest BCUT2D eigenvalue weighted by Gasteiger charge is 2.19. The smallest absolute Gasteiger partial charge is 0.271 e. The van der Waals surface area contributed by atoms with E-state index in [1.165, 1.54) is 12.1 Å². The van der Waals surface area contributed by atoms with Crippen molar-refractivity contribution in [3.05, 3.63) is 34.5 Å². The van der Waals surface area contributed by atoms with E-state index in [-0.39, 0.29) is 5.69 Å². The Morgan fingerprint density at radius 1 is 1.33 bits per heavy atom. The first-order valence-corrected chi connectivity index (χ1v) is 7.00. The molecule has 1 fully saturated rings. The first-order valence-electron chi connectivity index (χ1n) is 7.00. The number of nitro benzene ring substituents is 1. The van der Waals surface area contributed by atoms with Gasteiger partial charge in [0.25, 0.3) is 5.69 Å². The van der Waals surface area contributed by atoms with Crippen LogP contribution in [0.1, 0.15) is 12.8 Å². The molecule has 1 aliphatic rings. The maximum atomic E-state index is 10.8.